The van der Waals surface area contributed by atoms with Gasteiger partial charge < -0.3 is 18.9 Å². The lowest BCUT2D eigenvalue weighted by Gasteiger charge is -2.29. The SMILES string of the molecule is C=C(C)C(=O)OCCOc1cc(C)c(N2C(=O)c3cc4c(cc3C2=O)CC(CC[C@H]2Cc3cc5c(cc3C=C2C)C(=O)N(c2c(C)cc(OCCOC(=O)C(=C)C)cc2C)C5=O)C(C)=C4)c(C)c1. The van der Waals surface area contributed by atoms with Crippen LogP contribution >= 0.6 is 0 Å². The second kappa shape index (κ2) is 18.7. The number of amides is 4. The van der Waals surface area contributed by atoms with Crippen LogP contribution in [0.1, 0.15) is 126 Å². The fourth-order valence-corrected chi connectivity index (χ4v) is 9.90. The van der Waals surface area contributed by atoms with Crippen molar-refractivity contribution in [2.24, 2.45) is 11.8 Å². The molecule has 350 valence electrons. The van der Waals surface area contributed by atoms with E-state index in [-0.39, 0.29) is 61.9 Å². The van der Waals surface area contributed by atoms with Crippen LogP contribution in [0.2, 0.25) is 0 Å². The van der Waals surface area contributed by atoms with Gasteiger partial charge in [-0.1, -0.05) is 36.5 Å². The summed E-state index contributed by atoms with van der Waals surface area (Å²) in [5.74, 6) is -0.875. The number of allylic oxidation sites excluding steroid dienone is 2. The van der Waals surface area contributed by atoms with Gasteiger partial charge in [0, 0.05) is 11.1 Å². The summed E-state index contributed by atoms with van der Waals surface area (Å²) in [5.41, 5.74) is 12.4. The van der Waals surface area contributed by atoms with Crippen molar-refractivity contribution in [3.05, 3.63) is 151 Å². The maximum absolute atomic E-state index is 14.1. The molecule has 0 fully saturated rings. The summed E-state index contributed by atoms with van der Waals surface area (Å²) >= 11 is 0. The fraction of sp³-hybridized carbons (Fsp3) is 0.321. The van der Waals surface area contributed by atoms with Crippen LogP contribution in [0.5, 0.6) is 11.5 Å². The second-order valence-corrected chi connectivity index (χ2v) is 18.6. The Hall–Kier alpha value is -7.34. The minimum absolute atomic E-state index is 0.0566. The molecule has 2 aliphatic carbocycles. The van der Waals surface area contributed by atoms with Crippen molar-refractivity contribution in [3.8, 4) is 11.5 Å². The number of aryl methyl sites for hydroxylation is 4. The molecule has 0 aromatic heterocycles. The molecular formula is C56H56N2O10. The monoisotopic (exact) mass is 916 g/mol. The molecule has 2 atom stereocenters. The maximum Gasteiger partial charge on any atom is 0.333 e. The Kier molecular flexibility index (Phi) is 13.0. The van der Waals surface area contributed by atoms with E-state index in [1.54, 1.807) is 38.1 Å². The van der Waals surface area contributed by atoms with Gasteiger partial charge in [0.25, 0.3) is 23.6 Å². The standard InChI is InChI=1S/C56H56N2O10/c1-29(2)55(63)67-15-13-65-43-19-33(7)49(34(8)20-43)57-51(59)45-25-39-17-31(5)37(23-41(39)27-47(45)53(57)61)11-12-38-24-42-28-48-46(26-40(42)18-32(38)6)52(60)58(54(48)62)50-35(9)21-44(22-36(50)10)66-14-16-68-56(64)30(3)4/h17-22,25-28,37-38H,1,3,11-16,23-24H2,2,4-10H3/t37-,38?/m0/s1. The van der Waals surface area contributed by atoms with Crippen molar-refractivity contribution >= 4 is 59.1 Å². The van der Waals surface area contributed by atoms with Gasteiger partial charge in [0.2, 0.25) is 0 Å². The lowest BCUT2D eigenvalue weighted by Crippen LogP contribution is -2.30. The van der Waals surface area contributed by atoms with Crippen molar-refractivity contribution in [1.82, 2.24) is 0 Å². The van der Waals surface area contributed by atoms with Crippen LogP contribution in [0.3, 0.4) is 0 Å². The predicted octanol–water partition coefficient (Wildman–Crippen LogP) is 10.1. The molecule has 1 unspecified atom stereocenters. The number of anilines is 2. The highest BCUT2D eigenvalue weighted by atomic mass is 16.6. The summed E-state index contributed by atoms with van der Waals surface area (Å²) in [6.07, 6.45) is 7.57. The third kappa shape index (κ3) is 8.94. The van der Waals surface area contributed by atoms with E-state index in [0.29, 0.717) is 78.5 Å². The first-order valence-corrected chi connectivity index (χ1v) is 22.9. The summed E-state index contributed by atoms with van der Waals surface area (Å²) in [6, 6.07) is 14.6. The number of ether oxygens (including phenoxy) is 4. The number of rotatable bonds is 15. The smallest absolute Gasteiger partial charge is 0.333 e. The quantitative estimate of drug-likeness (QED) is 0.0489. The van der Waals surface area contributed by atoms with Crippen molar-refractivity contribution in [2.75, 3.05) is 36.2 Å². The number of fused-ring (bicyclic) bond motifs is 4. The third-order valence-corrected chi connectivity index (χ3v) is 13.4. The molecule has 2 aliphatic heterocycles. The van der Waals surface area contributed by atoms with E-state index in [1.807, 2.05) is 52.0 Å². The number of benzene rings is 4. The van der Waals surface area contributed by atoms with Gasteiger partial charge in [-0.25, -0.2) is 19.4 Å². The lowest BCUT2D eigenvalue weighted by atomic mass is 9.76. The van der Waals surface area contributed by atoms with Gasteiger partial charge in [0.05, 0.1) is 33.6 Å². The van der Waals surface area contributed by atoms with E-state index in [0.717, 1.165) is 47.9 Å². The molecule has 0 saturated heterocycles. The van der Waals surface area contributed by atoms with Crippen LogP contribution in [0.15, 0.2) is 84.0 Å². The number of esters is 2. The van der Waals surface area contributed by atoms with E-state index >= 15 is 0 Å². The topological polar surface area (TPSA) is 146 Å². The minimum Gasteiger partial charge on any atom is -0.490 e. The number of nitrogens with zero attached hydrogens (tertiary/aromatic N) is 2. The number of carbonyl (C=O) groups excluding carboxylic acids is 6. The van der Waals surface area contributed by atoms with Crippen LogP contribution in [0, 0.1) is 39.5 Å². The molecule has 0 N–H and O–H groups in total. The summed E-state index contributed by atoms with van der Waals surface area (Å²) < 4.78 is 21.9. The second-order valence-electron chi connectivity index (χ2n) is 18.6. The van der Waals surface area contributed by atoms with Crippen LogP contribution in [-0.4, -0.2) is 62.0 Å². The van der Waals surface area contributed by atoms with Crippen LogP contribution in [0.25, 0.3) is 12.2 Å². The lowest BCUT2D eigenvalue weighted by molar-refractivity contribution is -0.140. The Morgan fingerprint density at radius 3 is 1.16 bits per heavy atom. The highest BCUT2D eigenvalue weighted by Crippen LogP contribution is 2.42. The zero-order valence-corrected chi connectivity index (χ0v) is 40.0. The van der Waals surface area contributed by atoms with Gasteiger partial charge in [-0.15, -0.1) is 0 Å². The van der Waals surface area contributed by atoms with Gasteiger partial charge in [0.1, 0.15) is 37.9 Å². The highest BCUT2D eigenvalue weighted by Gasteiger charge is 2.41. The number of imide groups is 2. The van der Waals surface area contributed by atoms with Crippen molar-refractivity contribution in [3.63, 3.8) is 0 Å². The first-order chi connectivity index (χ1) is 32.3. The molecule has 4 aromatic carbocycles. The van der Waals surface area contributed by atoms with Crippen molar-refractivity contribution < 1.29 is 47.7 Å². The molecule has 0 spiro atoms. The van der Waals surface area contributed by atoms with Crippen LogP contribution in [-0.2, 0) is 31.9 Å². The molecule has 0 bridgehead atoms. The van der Waals surface area contributed by atoms with Gasteiger partial charge in [-0.05, 0) is 186 Å². The Balaban J connectivity index is 0.916. The number of carbonyl (C=O) groups is 6. The van der Waals surface area contributed by atoms with Gasteiger partial charge in [-0.2, -0.15) is 0 Å². The highest BCUT2D eigenvalue weighted by molar-refractivity contribution is 6.36. The Morgan fingerprint density at radius 1 is 0.515 bits per heavy atom. The first kappa shape index (κ1) is 47.2. The van der Waals surface area contributed by atoms with E-state index < -0.39 is 11.9 Å². The molecule has 4 aliphatic rings. The zero-order valence-electron chi connectivity index (χ0n) is 40.0. The van der Waals surface area contributed by atoms with Gasteiger partial charge >= 0.3 is 11.9 Å². The number of hydrogen-bond donors (Lipinski definition) is 0. The van der Waals surface area contributed by atoms with E-state index in [4.69, 9.17) is 18.9 Å². The van der Waals surface area contributed by atoms with Gasteiger partial charge in [0.15, 0.2) is 0 Å². The Morgan fingerprint density at radius 2 is 0.838 bits per heavy atom. The van der Waals surface area contributed by atoms with E-state index in [2.05, 4.69) is 39.2 Å². The molecule has 12 nitrogen and oxygen atoms in total. The Bertz CT molecular complexity index is 2720. The largest absolute Gasteiger partial charge is 0.490 e. The van der Waals surface area contributed by atoms with Gasteiger partial charge in [-0.3, -0.25) is 19.2 Å². The summed E-state index contributed by atoms with van der Waals surface area (Å²) in [5, 5.41) is 0. The predicted molar refractivity (Wildman–Crippen MR) is 260 cm³/mol. The molecule has 4 aromatic rings. The Labute approximate surface area is 396 Å². The maximum atomic E-state index is 14.1. The molecule has 12 heteroatoms. The first-order valence-electron chi connectivity index (χ1n) is 22.9. The molecular weight excluding hydrogens is 861 g/mol. The summed E-state index contributed by atoms with van der Waals surface area (Å²) in [4.78, 5) is 82.1. The fourth-order valence-electron chi connectivity index (χ4n) is 9.90. The average molecular weight is 917 g/mol. The molecule has 0 saturated carbocycles. The normalized spacial score (nSPS) is 16.9. The number of hydrogen-bond acceptors (Lipinski definition) is 10. The third-order valence-electron chi connectivity index (χ3n) is 13.4. The van der Waals surface area contributed by atoms with E-state index in [1.165, 1.54) is 20.9 Å². The molecule has 2 heterocycles. The summed E-state index contributed by atoms with van der Waals surface area (Å²) in [7, 11) is 0. The molecule has 0 radical (unpaired) electrons. The summed E-state index contributed by atoms with van der Waals surface area (Å²) in [6.45, 7) is 22.3. The van der Waals surface area contributed by atoms with Crippen LogP contribution in [0.4, 0.5) is 11.4 Å². The molecule has 68 heavy (non-hydrogen) atoms. The van der Waals surface area contributed by atoms with E-state index in [9.17, 15) is 28.8 Å². The average Bonchev–Trinajstić information content (AvgIpc) is 3.65. The molecule has 8 rings (SSSR count). The molecule has 4 amide bonds. The van der Waals surface area contributed by atoms with Crippen LogP contribution < -0.4 is 19.3 Å². The van der Waals surface area contributed by atoms with Crippen molar-refractivity contribution in [1.29, 1.82) is 0 Å². The zero-order chi connectivity index (χ0) is 48.9. The minimum atomic E-state index is -0.486. The van der Waals surface area contributed by atoms with Crippen molar-refractivity contribution in [2.45, 2.75) is 81.1 Å².